The van der Waals surface area contributed by atoms with Gasteiger partial charge in [-0.1, -0.05) is 18.2 Å². The maximum absolute atomic E-state index is 10.2. The van der Waals surface area contributed by atoms with E-state index in [4.69, 9.17) is 30.9 Å². The number of alkyl halides is 1. The third-order valence-corrected chi connectivity index (χ3v) is 3.63. The van der Waals surface area contributed by atoms with Gasteiger partial charge in [0.15, 0.2) is 6.29 Å². The average molecular weight is 470 g/mol. The fraction of sp³-hybridized carbons (Fsp3) is 0.238. The Labute approximate surface area is 192 Å². The topological polar surface area (TPSA) is 104 Å². The number of pyridine rings is 3. The third kappa shape index (κ3) is 11.1. The minimum atomic E-state index is -0.0444. The van der Waals surface area contributed by atoms with Crippen LogP contribution in [0.5, 0.6) is 17.6 Å². The number of ether oxygens (including phenoxy) is 3. The number of hydrogen-bond donors (Lipinski definition) is 1. The fourth-order valence-electron chi connectivity index (χ4n) is 1.92. The summed E-state index contributed by atoms with van der Waals surface area (Å²) in [5, 5.41) is 8.64. The van der Waals surface area contributed by atoms with E-state index in [1.165, 1.54) is 7.11 Å². The number of methoxy groups -OCH3 is 3. The number of aldehydes is 1. The van der Waals surface area contributed by atoms with Crippen molar-refractivity contribution in [3.63, 3.8) is 0 Å². The quantitative estimate of drug-likeness (QED) is 0.429. The number of halogens is 2. The molecule has 0 aliphatic carbocycles. The second-order valence-electron chi connectivity index (χ2n) is 5.36. The highest BCUT2D eigenvalue weighted by atomic mass is 35.5. The van der Waals surface area contributed by atoms with Gasteiger partial charge < -0.3 is 19.3 Å². The summed E-state index contributed by atoms with van der Waals surface area (Å²) in [7, 11) is 4.64. The maximum Gasteiger partial charge on any atom is 0.213 e. The van der Waals surface area contributed by atoms with Gasteiger partial charge in [-0.25, -0.2) is 15.0 Å². The van der Waals surface area contributed by atoms with Gasteiger partial charge in [0.1, 0.15) is 5.69 Å². The van der Waals surface area contributed by atoms with Gasteiger partial charge in [0, 0.05) is 18.2 Å². The molecule has 0 atom stereocenters. The third-order valence-electron chi connectivity index (χ3n) is 3.35. The Balaban J connectivity index is 0.000000429. The molecule has 3 heterocycles. The van der Waals surface area contributed by atoms with Gasteiger partial charge in [-0.3, -0.25) is 4.79 Å². The molecule has 31 heavy (non-hydrogen) atoms. The van der Waals surface area contributed by atoms with Crippen LogP contribution in [0.2, 0.25) is 0 Å². The van der Waals surface area contributed by atoms with E-state index in [0.717, 1.165) is 5.69 Å². The van der Waals surface area contributed by atoms with Gasteiger partial charge in [0.05, 0.1) is 45.2 Å². The first-order chi connectivity index (χ1) is 14.6. The largest absolute Gasteiger partial charge is 0.481 e. The van der Waals surface area contributed by atoms with Crippen LogP contribution in [0.25, 0.3) is 0 Å². The van der Waals surface area contributed by atoms with Crippen LogP contribution in [0, 0.1) is 0 Å². The summed E-state index contributed by atoms with van der Waals surface area (Å²) in [5.41, 5.74) is 1.85. The lowest BCUT2D eigenvalue weighted by atomic mass is 10.4. The number of aromatic nitrogens is 3. The van der Waals surface area contributed by atoms with Crippen LogP contribution in [0.15, 0.2) is 54.6 Å². The Morgan fingerprint density at radius 3 is 1.71 bits per heavy atom. The average Bonchev–Trinajstić information content (AvgIpc) is 2.84. The van der Waals surface area contributed by atoms with Gasteiger partial charge in [0.2, 0.25) is 17.6 Å². The van der Waals surface area contributed by atoms with Gasteiger partial charge >= 0.3 is 0 Å². The molecule has 0 fully saturated rings. The molecule has 1 N–H and O–H groups in total. The summed E-state index contributed by atoms with van der Waals surface area (Å²) in [6, 6.07) is 15.8. The zero-order valence-electron chi connectivity index (χ0n) is 17.4. The number of nitrogens with zero attached hydrogens (tertiary/aromatic N) is 3. The molecule has 0 radical (unpaired) electrons. The Kier molecular flexibility index (Phi) is 15.2. The zero-order valence-corrected chi connectivity index (χ0v) is 19.0. The van der Waals surface area contributed by atoms with Crippen molar-refractivity contribution in [2.45, 2.75) is 12.5 Å². The van der Waals surface area contributed by atoms with E-state index < -0.39 is 0 Å². The molecule has 0 aliphatic rings. The van der Waals surface area contributed by atoms with Crippen molar-refractivity contribution in [3.05, 3.63) is 71.7 Å². The summed E-state index contributed by atoms with van der Waals surface area (Å²) < 4.78 is 14.5. The van der Waals surface area contributed by atoms with Crippen molar-refractivity contribution in [2.75, 3.05) is 21.3 Å². The summed E-state index contributed by atoms with van der Waals surface area (Å²) in [5.74, 6) is 2.03. The van der Waals surface area contributed by atoms with E-state index in [1.54, 1.807) is 56.7 Å². The second-order valence-corrected chi connectivity index (χ2v) is 5.62. The minimum absolute atomic E-state index is 0. The molecule has 10 heteroatoms. The number of carbonyl (C=O) groups excluding carboxylic acids is 1. The lowest BCUT2D eigenvalue weighted by Gasteiger charge is -1.98. The molecule has 0 aromatic carbocycles. The Hall–Kier alpha value is -2.94. The smallest absolute Gasteiger partial charge is 0.213 e. The van der Waals surface area contributed by atoms with Crippen LogP contribution in [-0.4, -0.2) is 47.7 Å². The number of aliphatic hydroxyl groups excluding tert-OH is 1. The summed E-state index contributed by atoms with van der Waals surface area (Å²) in [6.07, 6.45) is 0.683. The van der Waals surface area contributed by atoms with Crippen molar-refractivity contribution in [1.29, 1.82) is 0 Å². The van der Waals surface area contributed by atoms with Crippen molar-refractivity contribution in [2.24, 2.45) is 0 Å². The molecule has 3 rings (SSSR count). The molecule has 0 saturated heterocycles. The lowest BCUT2D eigenvalue weighted by molar-refractivity contribution is 0.111. The van der Waals surface area contributed by atoms with Gasteiger partial charge in [0.25, 0.3) is 0 Å². The maximum atomic E-state index is 10.2. The molecule has 0 aliphatic heterocycles. The van der Waals surface area contributed by atoms with Gasteiger partial charge in [-0.2, -0.15) is 0 Å². The number of aliphatic hydroxyl groups is 1. The van der Waals surface area contributed by atoms with E-state index >= 15 is 0 Å². The van der Waals surface area contributed by atoms with E-state index in [-0.39, 0.29) is 19.0 Å². The van der Waals surface area contributed by atoms with Crippen LogP contribution >= 0.6 is 24.0 Å². The molecule has 3 aromatic rings. The number of hydrogen-bond acceptors (Lipinski definition) is 8. The monoisotopic (exact) mass is 469 g/mol. The fourth-order valence-corrected chi connectivity index (χ4v) is 2.06. The Morgan fingerprint density at radius 2 is 1.26 bits per heavy atom. The molecule has 0 bridgehead atoms. The lowest BCUT2D eigenvalue weighted by Crippen LogP contribution is -1.91. The van der Waals surface area contributed by atoms with Crippen molar-refractivity contribution >= 4 is 30.3 Å². The van der Waals surface area contributed by atoms with Crippen molar-refractivity contribution in [3.8, 4) is 17.6 Å². The molecular formula is C21H25Cl2N3O5. The summed E-state index contributed by atoms with van der Waals surface area (Å²) >= 11 is 5.54. The summed E-state index contributed by atoms with van der Waals surface area (Å²) in [4.78, 5) is 22.0. The highest BCUT2D eigenvalue weighted by Gasteiger charge is 1.94. The molecule has 168 valence electrons. The molecule has 0 spiro atoms. The van der Waals surface area contributed by atoms with E-state index in [2.05, 4.69) is 15.0 Å². The van der Waals surface area contributed by atoms with E-state index in [1.807, 2.05) is 12.1 Å². The number of rotatable bonds is 6. The molecule has 8 nitrogen and oxygen atoms in total. The van der Waals surface area contributed by atoms with Crippen LogP contribution in [-0.2, 0) is 12.5 Å². The van der Waals surface area contributed by atoms with E-state index in [0.29, 0.717) is 41.2 Å². The summed E-state index contributed by atoms with van der Waals surface area (Å²) in [6.45, 7) is -0.0444. The van der Waals surface area contributed by atoms with Crippen LogP contribution in [0.1, 0.15) is 21.9 Å². The first-order valence-electron chi connectivity index (χ1n) is 8.73. The van der Waals surface area contributed by atoms with Crippen LogP contribution < -0.4 is 14.2 Å². The van der Waals surface area contributed by atoms with Crippen molar-refractivity contribution in [1.82, 2.24) is 15.0 Å². The Morgan fingerprint density at radius 1 is 0.806 bits per heavy atom. The Bertz CT molecular complexity index is 814. The highest BCUT2D eigenvalue weighted by molar-refractivity contribution is 6.16. The second kappa shape index (κ2) is 16.8. The molecular weight excluding hydrogens is 445 g/mol. The minimum Gasteiger partial charge on any atom is -0.481 e. The van der Waals surface area contributed by atoms with Crippen LogP contribution in [0.3, 0.4) is 0 Å². The SMILES string of the molecule is COc1cccc(C=O)n1.COc1cccc(CCl)n1.COc1cccc(CO)n1.Cl. The first-order valence-corrected chi connectivity index (χ1v) is 9.26. The zero-order chi connectivity index (χ0) is 22.2. The molecule has 0 amide bonds. The van der Waals surface area contributed by atoms with Crippen LogP contribution in [0.4, 0.5) is 0 Å². The predicted molar refractivity (Wildman–Crippen MR) is 120 cm³/mol. The van der Waals surface area contributed by atoms with Gasteiger partial charge in [-0.15, -0.1) is 24.0 Å². The predicted octanol–water partition coefficient (Wildman–Crippen LogP) is 3.74. The molecule has 3 aromatic heterocycles. The van der Waals surface area contributed by atoms with E-state index in [9.17, 15) is 4.79 Å². The molecule has 0 saturated carbocycles. The normalized spacial score (nSPS) is 8.94. The van der Waals surface area contributed by atoms with Crippen molar-refractivity contribution < 1.29 is 24.1 Å². The molecule has 0 unspecified atom stereocenters. The highest BCUT2D eigenvalue weighted by Crippen LogP contribution is 2.08. The number of carbonyl (C=O) groups is 1. The first kappa shape index (κ1) is 28.1. The standard InChI is InChI=1S/C7H8ClNO.C7H9NO2.C7H7NO2.ClH/c1-10-7-4-2-3-6(5-8)9-7;2*1-10-7-4-2-3-6(5-9)8-7;/h2-4H,5H2,1H3;2-4,9H,5H2,1H3;2-5H,1H3;1H. The van der Waals surface area contributed by atoms with Gasteiger partial charge in [-0.05, 0) is 18.2 Å².